The molecule has 1 rings (SSSR count). The molecular weight excluding hydrogens is 131 g/mol. The van der Waals surface area contributed by atoms with Gasteiger partial charge in [-0.1, -0.05) is 12.8 Å². The van der Waals surface area contributed by atoms with Gasteiger partial charge in [0.1, 0.15) is 6.17 Å². The Kier molecular flexibility index (Phi) is 2.29. The first-order valence-corrected chi connectivity index (χ1v) is 3.88. The Morgan fingerprint density at radius 3 is 2.60 bits per heavy atom. The highest BCUT2D eigenvalue weighted by Crippen LogP contribution is 2.32. The van der Waals surface area contributed by atoms with Crippen LogP contribution >= 0.6 is 0 Å². The molecule has 0 bridgehead atoms. The molecule has 0 spiro atoms. The fourth-order valence-electron chi connectivity index (χ4n) is 1.49. The number of hydrogen-bond donors (Lipinski definition) is 0. The van der Waals surface area contributed by atoms with Crippen LogP contribution < -0.4 is 0 Å². The minimum Gasteiger partial charge on any atom is -0.376 e. The molecule has 0 aromatic heterocycles. The molecule has 0 saturated heterocycles. The SMILES string of the molecule is CO[C@@]1(C)CCCC[C@H]1F. The van der Waals surface area contributed by atoms with Gasteiger partial charge in [-0.25, -0.2) is 4.39 Å². The molecule has 0 amide bonds. The molecule has 1 fully saturated rings. The number of hydrogen-bond acceptors (Lipinski definition) is 1. The normalized spacial score (nSPS) is 41.7. The molecule has 1 aliphatic rings. The lowest BCUT2D eigenvalue weighted by Gasteiger charge is -2.35. The van der Waals surface area contributed by atoms with Crippen LogP contribution in [0.5, 0.6) is 0 Å². The molecule has 1 saturated carbocycles. The molecular formula is C8H15FO. The minimum atomic E-state index is -0.758. The summed E-state index contributed by atoms with van der Waals surface area (Å²) in [5.74, 6) is 0. The number of methoxy groups -OCH3 is 1. The van der Waals surface area contributed by atoms with Crippen LogP contribution in [0.2, 0.25) is 0 Å². The number of alkyl halides is 1. The molecule has 0 aliphatic heterocycles. The van der Waals surface area contributed by atoms with Gasteiger partial charge in [-0.15, -0.1) is 0 Å². The molecule has 2 atom stereocenters. The van der Waals surface area contributed by atoms with Gasteiger partial charge in [0.05, 0.1) is 5.60 Å². The van der Waals surface area contributed by atoms with Crippen LogP contribution in [0.4, 0.5) is 4.39 Å². The topological polar surface area (TPSA) is 9.23 Å². The van der Waals surface area contributed by atoms with E-state index >= 15 is 0 Å². The van der Waals surface area contributed by atoms with Gasteiger partial charge in [-0.05, 0) is 19.8 Å². The van der Waals surface area contributed by atoms with E-state index in [9.17, 15) is 4.39 Å². The summed E-state index contributed by atoms with van der Waals surface area (Å²) >= 11 is 0. The van der Waals surface area contributed by atoms with Crippen molar-refractivity contribution in [3.8, 4) is 0 Å². The molecule has 0 aromatic rings. The predicted octanol–water partition coefficient (Wildman–Crippen LogP) is 2.30. The van der Waals surface area contributed by atoms with Gasteiger partial charge in [0, 0.05) is 7.11 Å². The molecule has 0 aromatic carbocycles. The van der Waals surface area contributed by atoms with Crippen LogP contribution in [0.15, 0.2) is 0 Å². The Morgan fingerprint density at radius 1 is 1.50 bits per heavy atom. The first-order valence-electron chi connectivity index (χ1n) is 3.88. The minimum absolute atomic E-state index is 0.488. The van der Waals surface area contributed by atoms with Crippen molar-refractivity contribution >= 4 is 0 Å². The van der Waals surface area contributed by atoms with Crippen molar-refractivity contribution < 1.29 is 9.13 Å². The Bertz CT molecular complexity index is 116. The summed E-state index contributed by atoms with van der Waals surface area (Å²) in [6.07, 6.45) is 2.89. The summed E-state index contributed by atoms with van der Waals surface area (Å²) in [6.45, 7) is 1.86. The molecule has 0 unspecified atom stereocenters. The van der Waals surface area contributed by atoms with Gasteiger partial charge >= 0.3 is 0 Å². The molecule has 60 valence electrons. The third kappa shape index (κ3) is 1.31. The smallest absolute Gasteiger partial charge is 0.129 e. The highest BCUT2D eigenvalue weighted by molar-refractivity contribution is 4.87. The van der Waals surface area contributed by atoms with Crippen LogP contribution in [-0.4, -0.2) is 18.9 Å². The zero-order valence-corrected chi connectivity index (χ0v) is 6.69. The van der Waals surface area contributed by atoms with E-state index in [2.05, 4.69) is 0 Å². The van der Waals surface area contributed by atoms with Crippen molar-refractivity contribution in [3.05, 3.63) is 0 Å². The van der Waals surface area contributed by atoms with Gasteiger partial charge in [0.25, 0.3) is 0 Å². The van der Waals surface area contributed by atoms with Crippen molar-refractivity contribution in [2.24, 2.45) is 0 Å². The Hall–Kier alpha value is -0.110. The molecule has 0 radical (unpaired) electrons. The van der Waals surface area contributed by atoms with Crippen molar-refractivity contribution in [1.29, 1.82) is 0 Å². The highest BCUT2D eigenvalue weighted by Gasteiger charge is 2.36. The fourth-order valence-corrected chi connectivity index (χ4v) is 1.49. The Morgan fingerprint density at radius 2 is 2.20 bits per heavy atom. The standard InChI is InChI=1S/C8H15FO/c1-8(10-2)6-4-3-5-7(8)9/h7H,3-6H2,1-2H3/t7-,8+/m1/s1. The van der Waals surface area contributed by atoms with E-state index in [-0.39, 0.29) is 0 Å². The zero-order valence-electron chi connectivity index (χ0n) is 6.69. The number of halogens is 1. The van der Waals surface area contributed by atoms with Crippen LogP contribution in [-0.2, 0) is 4.74 Å². The second kappa shape index (κ2) is 2.87. The lowest BCUT2D eigenvalue weighted by Crippen LogP contribution is -2.41. The van der Waals surface area contributed by atoms with Gasteiger partial charge in [0.15, 0.2) is 0 Å². The van der Waals surface area contributed by atoms with E-state index in [0.29, 0.717) is 6.42 Å². The first-order chi connectivity index (χ1) is 4.69. The van der Waals surface area contributed by atoms with Gasteiger partial charge in [-0.2, -0.15) is 0 Å². The van der Waals surface area contributed by atoms with Crippen molar-refractivity contribution in [2.75, 3.05) is 7.11 Å². The summed E-state index contributed by atoms with van der Waals surface area (Å²) in [7, 11) is 1.60. The highest BCUT2D eigenvalue weighted by atomic mass is 19.1. The van der Waals surface area contributed by atoms with E-state index in [1.165, 1.54) is 0 Å². The van der Waals surface area contributed by atoms with E-state index in [1.807, 2.05) is 6.92 Å². The van der Waals surface area contributed by atoms with E-state index < -0.39 is 11.8 Å². The summed E-state index contributed by atoms with van der Waals surface area (Å²) in [5.41, 5.74) is -0.488. The summed E-state index contributed by atoms with van der Waals surface area (Å²) < 4.78 is 18.2. The lowest BCUT2D eigenvalue weighted by atomic mass is 9.85. The molecule has 0 heterocycles. The lowest BCUT2D eigenvalue weighted by molar-refractivity contribution is -0.0796. The predicted molar refractivity (Wildman–Crippen MR) is 38.8 cm³/mol. The summed E-state index contributed by atoms with van der Waals surface area (Å²) in [4.78, 5) is 0. The number of ether oxygens (including phenoxy) is 1. The molecule has 1 nitrogen and oxygen atoms in total. The van der Waals surface area contributed by atoms with Crippen molar-refractivity contribution in [3.63, 3.8) is 0 Å². The first kappa shape index (κ1) is 7.99. The van der Waals surface area contributed by atoms with Crippen molar-refractivity contribution in [1.82, 2.24) is 0 Å². The Labute approximate surface area is 61.6 Å². The molecule has 1 aliphatic carbocycles. The maximum absolute atomic E-state index is 13.1. The largest absolute Gasteiger partial charge is 0.376 e. The zero-order chi connectivity index (χ0) is 7.61. The molecule has 2 heteroatoms. The second-order valence-electron chi connectivity index (χ2n) is 3.23. The summed E-state index contributed by atoms with van der Waals surface area (Å²) in [6, 6.07) is 0. The van der Waals surface area contributed by atoms with Crippen LogP contribution in [0.3, 0.4) is 0 Å². The maximum atomic E-state index is 13.1. The Balaban J connectivity index is 2.54. The van der Waals surface area contributed by atoms with Gasteiger partial charge in [0.2, 0.25) is 0 Å². The van der Waals surface area contributed by atoms with E-state index in [0.717, 1.165) is 19.3 Å². The maximum Gasteiger partial charge on any atom is 0.129 e. The van der Waals surface area contributed by atoms with Gasteiger partial charge in [-0.3, -0.25) is 0 Å². The van der Waals surface area contributed by atoms with E-state index in [1.54, 1.807) is 7.11 Å². The fraction of sp³-hybridized carbons (Fsp3) is 1.00. The van der Waals surface area contributed by atoms with Crippen LogP contribution in [0, 0.1) is 0 Å². The quantitative estimate of drug-likeness (QED) is 0.551. The molecule has 10 heavy (non-hydrogen) atoms. The van der Waals surface area contributed by atoms with Gasteiger partial charge < -0.3 is 4.74 Å². The third-order valence-corrected chi connectivity index (χ3v) is 2.51. The van der Waals surface area contributed by atoms with Crippen molar-refractivity contribution in [2.45, 2.75) is 44.4 Å². The average Bonchev–Trinajstić information content (AvgIpc) is 1.96. The number of rotatable bonds is 1. The third-order valence-electron chi connectivity index (χ3n) is 2.51. The van der Waals surface area contributed by atoms with Crippen LogP contribution in [0.25, 0.3) is 0 Å². The second-order valence-corrected chi connectivity index (χ2v) is 3.23. The molecule has 0 N–H and O–H groups in total. The van der Waals surface area contributed by atoms with Crippen LogP contribution in [0.1, 0.15) is 32.6 Å². The summed E-state index contributed by atoms with van der Waals surface area (Å²) in [5, 5.41) is 0. The van der Waals surface area contributed by atoms with E-state index in [4.69, 9.17) is 4.74 Å². The monoisotopic (exact) mass is 146 g/mol. The average molecular weight is 146 g/mol.